The molecule has 0 spiro atoms. The third kappa shape index (κ3) is 2.13. The minimum absolute atomic E-state index is 0.146. The van der Waals surface area contributed by atoms with Gasteiger partial charge in [-0.1, -0.05) is 6.92 Å². The van der Waals surface area contributed by atoms with Crippen molar-refractivity contribution in [2.45, 2.75) is 32.4 Å². The van der Waals surface area contributed by atoms with Crippen LogP contribution in [-0.2, 0) is 9.84 Å². The maximum absolute atomic E-state index is 11.2. The first-order chi connectivity index (χ1) is 4.96. The molecule has 0 amide bonds. The Morgan fingerprint density at radius 3 is 2.09 bits per heavy atom. The maximum atomic E-state index is 11.2. The van der Waals surface area contributed by atoms with E-state index in [2.05, 4.69) is 4.79 Å². The van der Waals surface area contributed by atoms with Crippen LogP contribution in [0.1, 0.15) is 27.2 Å². The number of rotatable bonds is 2. The lowest BCUT2D eigenvalue weighted by atomic mass is 10.5. The van der Waals surface area contributed by atoms with E-state index in [0.29, 0.717) is 0 Å². The highest BCUT2D eigenvalue weighted by atomic mass is 32.2. The molecule has 0 aliphatic carbocycles. The Bertz CT molecular complexity index is 273. The molecule has 0 saturated carbocycles. The van der Waals surface area contributed by atoms with Crippen molar-refractivity contribution in [3.63, 3.8) is 0 Å². The van der Waals surface area contributed by atoms with E-state index in [-0.39, 0.29) is 11.5 Å². The highest BCUT2D eigenvalue weighted by Crippen LogP contribution is 2.03. The van der Waals surface area contributed by atoms with Gasteiger partial charge in [0, 0.05) is 0 Å². The molecule has 0 aliphatic rings. The van der Waals surface area contributed by atoms with Gasteiger partial charge >= 0.3 is 5.04 Å². The molecule has 0 fully saturated rings. The molecule has 0 rings (SSSR count). The Kier molecular flexibility index (Phi) is 3.42. The molecule has 0 heterocycles. The quantitative estimate of drug-likeness (QED) is 0.271. The van der Waals surface area contributed by atoms with Gasteiger partial charge in [-0.2, -0.15) is 4.79 Å². The first kappa shape index (κ1) is 10.3. The molecular weight excluding hydrogens is 164 g/mol. The summed E-state index contributed by atoms with van der Waals surface area (Å²) in [6.07, 6.45) is 0.233. The Labute approximate surface area is 66.8 Å². The van der Waals surface area contributed by atoms with Gasteiger partial charge in [0.25, 0.3) is 9.84 Å². The Morgan fingerprint density at radius 1 is 1.55 bits per heavy atom. The molecular formula is C6H12N2O2S. The van der Waals surface area contributed by atoms with Crippen molar-refractivity contribution in [1.29, 1.82) is 0 Å². The molecule has 0 bridgehead atoms. The molecule has 0 aromatic carbocycles. The molecule has 5 heteroatoms. The first-order valence-corrected chi connectivity index (χ1v) is 4.96. The highest BCUT2D eigenvalue weighted by molar-refractivity contribution is 8.06. The van der Waals surface area contributed by atoms with Crippen LogP contribution in [0.2, 0.25) is 0 Å². The average molecular weight is 176 g/mol. The highest BCUT2D eigenvalue weighted by Gasteiger charge is 2.29. The van der Waals surface area contributed by atoms with Crippen molar-refractivity contribution in [2.75, 3.05) is 0 Å². The monoisotopic (exact) mass is 176 g/mol. The van der Waals surface area contributed by atoms with Gasteiger partial charge in [-0.25, -0.2) is 8.42 Å². The van der Waals surface area contributed by atoms with E-state index in [1.807, 2.05) is 0 Å². The fourth-order valence-electron chi connectivity index (χ4n) is 0.601. The predicted molar refractivity (Wildman–Crippen MR) is 43.0 cm³/mol. The molecule has 64 valence electrons. The van der Waals surface area contributed by atoms with Crippen LogP contribution >= 0.6 is 0 Å². The van der Waals surface area contributed by atoms with Crippen molar-refractivity contribution in [3.05, 3.63) is 5.53 Å². The van der Waals surface area contributed by atoms with Crippen LogP contribution in [0.15, 0.2) is 0 Å². The van der Waals surface area contributed by atoms with Gasteiger partial charge < -0.3 is 5.53 Å². The summed E-state index contributed by atoms with van der Waals surface area (Å²) in [6, 6.07) is 0. The molecule has 0 aromatic heterocycles. The summed E-state index contributed by atoms with van der Waals surface area (Å²) in [4.78, 5) is 2.73. The predicted octanol–water partition coefficient (Wildman–Crippen LogP) is 0.848. The van der Waals surface area contributed by atoms with Gasteiger partial charge in [0.05, 0.1) is 11.7 Å². The van der Waals surface area contributed by atoms with Crippen LogP contribution in [0, 0.1) is 0 Å². The molecule has 0 saturated heterocycles. The topological polar surface area (TPSA) is 70.5 Å². The van der Waals surface area contributed by atoms with Gasteiger partial charge in [0.15, 0.2) is 0 Å². The van der Waals surface area contributed by atoms with Crippen molar-refractivity contribution in [2.24, 2.45) is 0 Å². The van der Waals surface area contributed by atoms with Gasteiger partial charge in [0.2, 0.25) is 0 Å². The maximum Gasteiger partial charge on any atom is 0.381 e. The van der Waals surface area contributed by atoms with Crippen LogP contribution in [0.5, 0.6) is 0 Å². The fourth-order valence-corrected chi connectivity index (χ4v) is 1.66. The Hall–Kier alpha value is -0.670. The van der Waals surface area contributed by atoms with Crippen LogP contribution in [0.4, 0.5) is 0 Å². The third-order valence-electron chi connectivity index (χ3n) is 1.36. The zero-order valence-corrected chi connectivity index (χ0v) is 7.72. The van der Waals surface area contributed by atoms with Crippen molar-refractivity contribution < 1.29 is 13.2 Å². The molecule has 0 radical (unpaired) electrons. The van der Waals surface area contributed by atoms with Gasteiger partial charge in [-0.15, -0.1) is 0 Å². The SMILES string of the molecule is CCC(=[N+]=[N-])S(=O)(=O)C(C)C. The Morgan fingerprint density at radius 2 is 2.00 bits per heavy atom. The van der Waals surface area contributed by atoms with Crippen molar-refractivity contribution in [3.8, 4) is 0 Å². The van der Waals surface area contributed by atoms with Gasteiger partial charge in [-0.3, -0.25) is 0 Å². The van der Waals surface area contributed by atoms with Crippen LogP contribution in [0.25, 0.3) is 5.53 Å². The Balaban J connectivity index is 5.01. The minimum Gasteiger partial charge on any atom is -0.360 e. The fraction of sp³-hybridized carbons (Fsp3) is 0.833. The zero-order valence-electron chi connectivity index (χ0n) is 6.90. The van der Waals surface area contributed by atoms with Gasteiger partial charge in [0.1, 0.15) is 0 Å². The van der Waals surface area contributed by atoms with E-state index in [0.717, 1.165) is 0 Å². The normalized spacial score (nSPS) is 11.3. The largest absolute Gasteiger partial charge is 0.381 e. The summed E-state index contributed by atoms with van der Waals surface area (Å²) in [5.41, 5.74) is 8.32. The molecule has 0 N–H and O–H groups in total. The first-order valence-electron chi connectivity index (χ1n) is 3.41. The summed E-state index contributed by atoms with van der Waals surface area (Å²) < 4.78 is 22.4. The lowest BCUT2D eigenvalue weighted by Crippen LogP contribution is -2.23. The number of sulfone groups is 1. The third-order valence-corrected chi connectivity index (χ3v) is 3.63. The summed E-state index contributed by atoms with van der Waals surface area (Å²) in [6.45, 7) is 4.74. The van der Waals surface area contributed by atoms with Crippen molar-refractivity contribution in [1.82, 2.24) is 0 Å². The molecule has 11 heavy (non-hydrogen) atoms. The zero-order chi connectivity index (χ0) is 9.07. The molecule has 0 atom stereocenters. The number of nitrogens with zero attached hydrogens (tertiary/aromatic N) is 2. The van der Waals surface area contributed by atoms with Gasteiger partial charge in [-0.05, 0) is 13.8 Å². The molecule has 0 unspecified atom stereocenters. The summed E-state index contributed by atoms with van der Waals surface area (Å²) in [5, 5.41) is -0.666. The van der Waals surface area contributed by atoms with Crippen molar-refractivity contribution >= 4 is 14.9 Å². The van der Waals surface area contributed by atoms with Crippen LogP contribution in [-0.4, -0.2) is 23.5 Å². The van der Waals surface area contributed by atoms with Crippen LogP contribution < -0.4 is 0 Å². The second kappa shape index (κ2) is 3.64. The summed E-state index contributed by atoms with van der Waals surface area (Å²) in [5.74, 6) is 0. The lowest BCUT2D eigenvalue weighted by molar-refractivity contribution is -0.00298. The average Bonchev–Trinajstić information content (AvgIpc) is 1.89. The minimum atomic E-state index is -3.34. The summed E-state index contributed by atoms with van der Waals surface area (Å²) >= 11 is 0. The van der Waals surface area contributed by atoms with E-state index in [1.54, 1.807) is 20.8 Å². The van der Waals surface area contributed by atoms with E-state index >= 15 is 0 Å². The molecule has 0 aromatic rings. The second-order valence-corrected chi connectivity index (χ2v) is 4.95. The van der Waals surface area contributed by atoms with E-state index < -0.39 is 15.1 Å². The number of hydrogen-bond acceptors (Lipinski definition) is 2. The standard InChI is InChI=1S/C6H12N2O2S/c1-4-6(8-7)11(9,10)5(2)3/h5H,4H2,1-3H3. The van der Waals surface area contributed by atoms with Crippen LogP contribution in [0.3, 0.4) is 0 Å². The smallest absolute Gasteiger partial charge is 0.360 e. The summed E-state index contributed by atoms with van der Waals surface area (Å²) in [7, 11) is -3.34. The number of hydrogen-bond donors (Lipinski definition) is 0. The van der Waals surface area contributed by atoms with E-state index in [4.69, 9.17) is 5.53 Å². The lowest BCUT2D eigenvalue weighted by Gasteiger charge is -1.99. The molecule has 0 aliphatic heterocycles. The molecule has 4 nitrogen and oxygen atoms in total. The second-order valence-electron chi connectivity index (χ2n) is 2.44. The van der Waals surface area contributed by atoms with E-state index in [9.17, 15) is 8.42 Å². The van der Waals surface area contributed by atoms with E-state index in [1.165, 1.54) is 0 Å².